The van der Waals surface area contributed by atoms with Gasteiger partial charge < -0.3 is 36.7 Å². The molecule has 0 heterocycles. The zero-order valence-corrected chi connectivity index (χ0v) is 11.7. The van der Waals surface area contributed by atoms with E-state index in [1.54, 1.807) is 0 Å². The van der Waals surface area contributed by atoms with Gasteiger partial charge >= 0.3 is 23.9 Å². The van der Waals surface area contributed by atoms with Gasteiger partial charge in [-0.25, -0.2) is 0 Å². The summed E-state index contributed by atoms with van der Waals surface area (Å²) in [5.41, 5.74) is 10.0. The third-order valence-electron chi connectivity index (χ3n) is 1.97. The fraction of sp³-hybridized carbons (Fsp3) is 0.545. The summed E-state index contributed by atoms with van der Waals surface area (Å²) < 4.78 is 0. The molecule has 0 aromatic rings. The zero-order chi connectivity index (χ0) is 18.3. The van der Waals surface area contributed by atoms with Crippen LogP contribution in [0.2, 0.25) is 0 Å². The maximum absolute atomic E-state index is 9.99. The van der Waals surface area contributed by atoms with Crippen LogP contribution in [-0.4, -0.2) is 63.2 Å². The first-order valence-electron chi connectivity index (χ1n) is 5.77. The molecule has 22 heavy (non-hydrogen) atoms. The summed E-state index contributed by atoms with van der Waals surface area (Å²) in [6.45, 7) is 2.00. The van der Waals surface area contributed by atoms with Crippen LogP contribution >= 0.6 is 0 Å². The summed E-state index contributed by atoms with van der Waals surface area (Å²) in [5, 5.41) is 32.5. The fourth-order valence-electron chi connectivity index (χ4n) is 0.805. The molecule has 0 bridgehead atoms. The van der Waals surface area contributed by atoms with Crippen LogP contribution in [0, 0.1) is 0 Å². The highest BCUT2D eigenvalue weighted by atomic mass is 16.4. The topological polar surface area (TPSA) is 218 Å². The van der Waals surface area contributed by atoms with Crippen LogP contribution in [-0.2, 0) is 24.0 Å². The number of carbonyl (C=O) groups is 5. The van der Waals surface area contributed by atoms with Crippen LogP contribution in [0.4, 0.5) is 0 Å². The summed E-state index contributed by atoms with van der Waals surface area (Å²) in [6.07, 6.45) is -0.448. The van der Waals surface area contributed by atoms with Gasteiger partial charge in [0, 0.05) is 12.8 Å². The number of hydrogen-bond donors (Lipinski definition) is 6. The van der Waals surface area contributed by atoms with E-state index in [4.69, 9.17) is 36.7 Å². The largest absolute Gasteiger partial charge is 0.481 e. The third-order valence-corrected chi connectivity index (χ3v) is 1.97. The Balaban J connectivity index is -0.000000294. The van der Waals surface area contributed by atoms with Gasteiger partial charge in [-0.2, -0.15) is 0 Å². The summed E-state index contributed by atoms with van der Waals surface area (Å²) in [5.74, 6) is -4.39. The lowest BCUT2D eigenvalue weighted by molar-refractivity contribution is -0.141. The van der Waals surface area contributed by atoms with Crippen molar-refractivity contribution in [3.8, 4) is 0 Å². The van der Waals surface area contributed by atoms with E-state index in [1.807, 2.05) is 6.79 Å². The lowest BCUT2D eigenvalue weighted by Crippen LogP contribution is -2.30. The average molecular weight is 324 g/mol. The Labute approximate surface area is 125 Å². The van der Waals surface area contributed by atoms with E-state index < -0.39 is 36.0 Å². The number of carboxylic acids is 4. The van der Waals surface area contributed by atoms with Crippen molar-refractivity contribution in [3.63, 3.8) is 0 Å². The van der Waals surface area contributed by atoms with Gasteiger partial charge in [0.1, 0.15) is 18.9 Å². The molecule has 0 radical (unpaired) electrons. The van der Waals surface area contributed by atoms with Crippen LogP contribution in [0.5, 0.6) is 0 Å². The predicted molar refractivity (Wildman–Crippen MR) is 72.1 cm³/mol. The standard InChI is InChI=1S/2C5H9NO4.CH2O/c2*6-3(5(9)10)1-2-4(7)8;1-2/h2*3H,1-2,6H2,(H,7,8)(H,9,10);1H2/t2*3-;/m00./s1. The summed E-state index contributed by atoms with van der Waals surface area (Å²) >= 11 is 0. The Bertz CT molecular complexity index is 339. The molecule has 0 spiro atoms. The van der Waals surface area contributed by atoms with E-state index in [0.29, 0.717) is 0 Å². The van der Waals surface area contributed by atoms with Gasteiger partial charge in [-0.05, 0) is 12.8 Å². The van der Waals surface area contributed by atoms with E-state index in [-0.39, 0.29) is 25.7 Å². The van der Waals surface area contributed by atoms with Crippen molar-refractivity contribution in [2.75, 3.05) is 0 Å². The van der Waals surface area contributed by atoms with E-state index >= 15 is 0 Å². The predicted octanol–water partition coefficient (Wildman–Crippen LogP) is -1.66. The SMILES string of the molecule is C=O.N[C@@H](CCC(=O)O)C(=O)O.N[C@@H](CCC(=O)O)C(=O)O. The van der Waals surface area contributed by atoms with Gasteiger partial charge in [0.15, 0.2) is 0 Å². The van der Waals surface area contributed by atoms with Gasteiger partial charge in [-0.15, -0.1) is 0 Å². The molecule has 0 saturated heterocycles. The van der Waals surface area contributed by atoms with Crippen LogP contribution in [0.15, 0.2) is 0 Å². The van der Waals surface area contributed by atoms with Crippen LogP contribution in [0.3, 0.4) is 0 Å². The first kappa shape index (κ1) is 24.5. The van der Waals surface area contributed by atoms with Crippen LogP contribution < -0.4 is 11.5 Å². The van der Waals surface area contributed by atoms with Gasteiger partial charge in [-0.1, -0.05) is 0 Å². The molecule has 0 amide bonds. The Morgan fingerprint density at radius 2 is 0.955 bits per heavy atom. The number of aliphatic carboxylic acids is 4. The Hall–Kier alpha value is -2.53. The molecule has 0 unspecified atom stereocenters. The number of carboxylic acid groups (broad SMARTS) is 4. The lowest BCUT2D eigenvalue weighted by Gasteiger charge is -2.01. The molecular weight excluding hydrogens is 304 g/mol. The van der Waals surface area contributed by atoms with Crippen molar-refractivity contribution in [2.45, 2.75) is 37.8 Å². The summed E-state index contributed by atoms with van der Waals surface area (Å²) in [4.78, 5) is 47.7. The molecule has 11 nitrogen and oxygen atoms in total. The second kappa shape index (κ2) is 14.9. The van der Waals surface area contributed by atoms with Crippen LogP contribution in [0.1, 0.15) is 25.7 Å². The quantitative estimate of drug-likeness (QED) is 0.296. The summed E-state index contributed by atoms with van der Waals surface area (Å²) in [7, 11) is 0. The minimum atomic E-state index is -1.17. The fourth-order valence-corrected chi connectivity index (χ4v) is 0.805. The number of carbonyl (C=O) groups excluding carboxylic acids is 1. The van der Waals surface area contributed by atoms with Gasteiger partial charge in [0.2, 0.25) is 0 Å². The first-order chi connectivity index (χ1) is 10.1. The van der Waals surface area contributed by atoms with Crippen molar-refractivity contribution < 1.29 is 44.4 Å². The first-order valence-corrected chi connectivity index (χ1v) is 5.77. The maximum Gasteiger partial charge on any atom is 0.320 e. The Morgan fingerprint density at radius 1 is 0.727 bits per heavy atom. The highest BCUT2D eigenvalue weighted by molar-refractivity contribution is 5.75. The molecule has 0 aliphatic rings. The monoisotopic (exact) mass is 324 g/mol. The minimum absolute atomic E-state index is 0.0231. The molecule has 0 rings (SSSR count). The minimum Gasteiger partial charge on any atom is -0.481 e. The number of rotatable bonds is 8. The van der Waals surface area contributed by atoms with Crippen molar-refractivity contribution >= 4 is 30.7 Å². The van der Waals surface area contributed by atoms with E-state index in [1.165, 1.54) is 0 Å². The highest BCUT2D eigenvalue weighted by Gasteiger charge is 2.12. The molecule has 0 aromatic heterocycles. The second-order valence-corrected chi connectivity index (χ2v) is 3.75. The molecular formula is C11H20N2O9. The molecule has 11 heteroatoms. The molecule has 2 atom stereocenters. The third kappa shape index (κ3) is 19.8. The molecule has 0 saturated carbocycles. The van der Waals surface area contributed by atoms with Crippen LogP contribution in [0.25, 0.3) is 0 Å². The Morgan fingerprint density at radius 3 is 1.09 bits per heavy atom. The highest BCUT2D eigenvalue weighted by Crippen LogP contribution is 1.94. The zero-order valence-electron chi connectivity index (χ0n) is 11.7. The van der Waals surface area contributed by atoms with Crippen molar-refractivity contribution in [2.24, 2.45) is 11.5 Å². The molecule has 0 aliphatic heterocycles. The van der Waals surface area contributed by atoms with Crippen molar-refractivity contribution in [3.05, 3.63) is 0 Å². The second-order valence-electron chi connectivity index (χ2n) is 3.75. The van der Waals surface area contributed by atoms with E-state index in [2.05, 4.69) is 0 Å². The average Bonchev–Trinajstić information content (AvgIpc) is 2.44. The lowest BCUT2D eigenvalue weighted by atomic mass is 10.2. The van der Waals surface area contributed by atoms with Gasteiger partial charge in [0.05, 0.1) is 0 Å². The number of hydrogen-bond acceptors (Lipinski definition) is 7. The molecule has 128 valence electrons. The van der Waals surface area contributed by atoms with Gasteiger partial charge in [-0.3, -0.25) is 19.2 Å². The molecule has 8 N–H and O–H groups in total. The molecule has 0 aliphatic carbocycles. The van der Waals surface area contributed by atoms with E-state index in [0.717, 1.165) is 0 Å². The van der Waals surface area contributed by atoms with Crippen molar-refractivity contribution in [1.82, 2.24) is 0 Å². The normalized spacial score (nSPS) is 11.5. The molecule has 0 aromatic carbocycles. The Kier molecular flexibility index (Phi) is 16.6. The molecule has 0 fully saturated rings. The van der Waals surface area contributed by atoms with E-state index in [9.17, 15) is 19.2 Å². The summed E-state index contributed by atoms with van der Waals surface area (Å²) in [6, 6.07) is -2.12. The smallest absolute Gasteiger partial charge is 0.320 e. The maximum atomic E-state index is 9.99. The van der Waals surface area contributed by atoms with Crippen molar-refractivity contribution in [1.29, 1.82) is 0 Å². The number of nitrogens with two attached hydrogens (primary N) is 2. The van der Waals surface area contributed by atoms with Gasteiger partial charge in [0.25, 0.3) is 0 Å².